The van der Waals surface area contributed by atoms with Gasteiger partial charge in [-0.2, -0.15) is 9.94 Å². The lowest BCUT2D eigenvalue weighted by Gasteiger charge is -2.02. The number of aryl methyl sites for hydroxylation is 2. The Labute approximate surface area is 119 Å². The van der Waals surface area contributed by atoms with Gasteiger partial charge in [0, 0.05) is 22.8 Å². The molecular formula is C13H10N6S. The Hall–Kier alpha value is -2.59. The van der Waals surface area contributed by atoms with Gasteiger partial charge in [-0.3, -0.25) is 4.98 Å². The van der Waals surface area contributed by atoms with Gasteiger partial charge < -0.3 is 0 Å². The minimum Gasteiger partial charge on any atom is -0.265 e. The summed E-state index contributed by atoms with van der Waals surface area (Å²) in [5.74, 6) is 0. The number of hydrogen-bond donors (Lipinski definition) is 0. The maximum atomic E-state index is 9.20. The third-order valence-corrected chi connectivity index (χ3v) is 3.98. The standard InChI is InChI=1S/C13H10N6S/c1-8-9(2)20-13(16-8)19-12(11(7-14)17-18-19)10-3-5-15-6-4-10/h3-6H,1-2H3. The summed E-state index contributed by atoms with van der Waals surface area (Å²) in [7, 11) is 0. The van der Waals surface area contributed by atoms with E-state index < -0.39 is 0 Å². The summed E-state index contributed by atoms with van der Waals surface area (Å²) in [5, 5.41) is 17.9. The Bertz CT molecular complexity index is 777. The first kappa shape index (κ1) is 12.4. The van der Waals surface area contributed by atoms with E-state index in [1.165, 1.54) is 11.3 Å². The Balaban J connectivity index is 2.23. The maximum absolute atomic E-state index is 9.20. The normalized spacial score (nSPS) is 10.4. The summed E-state index contributed by atoms with van der Waals surface area (Å²) < 4.78 is 1.61. The molecule has 0 aliphatic carbocycles. The van der Waals surface area contributed by atoms with Crippen LogP contribution in [0.1, 0.15) is 16.3 Å². The van der Waals surface area contributed by atoms with E-state index in [9.17, 15) is 5.26 Å². The van der Waals surface area contributed by atoms with E-state index in [2.05, 4.69) is 26.3 Å². The molecule has 0 bridgehead atoms. The molecule has 3 heterocycles. The van der Waals surface area contributed by atoms with Crippen molar-refractivity contribution in [2.75, 3.05) is 0 Å². The zero-order valence-electron chi connectivity index (χ0n) is 10.9. The van der Waals surface area contributed by atoms with Crippen molar-refractivity contribution in [2.24, 2.45) is 0 Å². The van der Waals surface area contributed by atoms with E-state index in [4.69, 9.17) is 0 Å². The van der Waals surface area contributed by atoms with E-state index in [-0.39, 0.29) is 5.69 Å². The molecule has 3 aromatic rings. The Morgan fingerprint density at radius 2 is 2.00 bits per heavy atom. The van der Waals surface area contributed by atoms with Crippen LogP contribution in [0.3, 0.4) is 0 Å². The molecule has 0 unspecified atom stereocenters. The Morgan fingerprint density at radius 3 is 2.60 bits per heavy atom. The summed E-state index contributed by atoms with van der Waals surface area (Å²) in [4.78, 5) is 9.57. The first-order valence-electron chi connectivity index (χ1n) is 5.91. The highest BCUT2D eigenvalue weighted by Crippen LogP contribution is 2.27. The molecule has 0 aliphatic heterocycles. The molecule has 0 amide bonds. The first-order chi connectivity index (χ1) is 9.70. The van der Waals surface area contributed by atoms with Gasteiger partial charge in [0.15, 0.2) is 5.69 Å². The molecule has 0 saturated carbocycles. The molecule has 0 saturated heterocycles. The fraction of sp³-hybridized carbons (Fsp3) is 0.154. The van der Waals surface area contributed by atoms with Gasteiger partial charge in [-0.1, -0.05) is 16.6 Å². The molecule has 0 aromatic carbocycles. The monoisotopic (exact) mass is 282 g/mol. The largest absolute Gasteiger partial charge is 0.265 e. The molecule has 0 N–H and O–H groups in total. The van der Waals surface area contributed by atoms with Crippen molar-refractivity contribution < 1.29 is 0 Å². The Morgan fingerprint density at radius 1 is 1.25 bits per heavy atom. The van der Waals surface area contributed by atoms with Gasteiger partial charge >= 0.3 is 0 Å². The number of aromatic nitrogens is 5. The molecule has 20 heavy (non-hydrogen) atoms. The number of nitrogens with zero attached hydrogens (tertiary/aromatic N) is 6. The summed E-state index contributed by atoms with van der Waals surface area (Å²) in [6.45, 7) is 3.95. The molecule has 6 nitrogen and oxygen atoms in total. The van der Waals surface area contributed by atoms with E-state index in [0.717, 1.165) is 16.1 Å². The molecule has 7 heteroatoms. The van der Waals surface area contributed by atoms with Crippen molar-refractivity contribution in [3.63, 3.8) is 0 Å². The average molecular weight is 282 g/mol. The van der Waals surface area contributed by atoms with Crippen LogP contribution in [0.25, 0.3) is 16.4 Å². The van der Waals surface area contributed by atoms with Gasteiger partial charge in [0.2, 0.25) is 5.13 Å². The van der Waals surface area contributed by atoms with Crippen LogP contribution < -0.4 is 0 Å². The van der Waals surface area contributed by atoms with Crippen LogP contribution >= 0.6 is 11.3 Å². The predicted molar refractivity (Wildman–Crippen MR) is 74.5 cm³/mol. The fourth-order valence-corrected chi connectivity index (χ4v) is 2.67. The lowest BCUT2D eigenvalue weighted by Crippen LogP contribution is -1.99. The van der Waals surface area contributed by atoms with Crippen molar-refractivity contribution in [1.29, 1.82) is 5.26 Å². The zero-order chi connectivity index (χ0) is 14.1. The third kappa shape index (κ3) is 1.96. The highest BCUT2D eigenvalue weighted by Gasteiger charge is 2.18. The summed E-state index contributed by atoms with van der Waals surface area (Å²) in [6.07, 6.45) is 3.35. The number of rotatable bonds is 2. The number of thiazole rings is 1. The molecule has 0 spiro atoms. The molecule has 3 aromatic heterocycles. The van der Waals surface area contributed by atoms with Gasteiger partial charge in [0.25, 0.3) is 0 Å². The van der Waals surface area contributed by atoms with Crippen molar-refractivity contribution in [1.82, 2.24) is 25.0 Å². The molecular weight excluding hydrogens is 272 g/mol. The lowest BCUT2D eigenvalue weighted by atomic mass is 10.1. The number of pyridine rings is 1. The van der Waals surface area contributed by atoms with E-state index in [0.29, 0.717) is 10.8 Å². The minimum atomic E-state index is 0.279. The topological polar surface area (TPSA) is 80.3 Å². The van der Waals surface area contributed by atoms with Crippen molar-refractivity contribution >= 4 is 11.3 Å². The third-order valence-electron chi connectivity index (χ3n) is 2.93. The predicted octanol–water partition coefficient (Wildman–Crippen LogP) is 2.27. The van der Waals surface area contributed by atoms with E-state index in [1.807, 2.05) is 26.0 Å². The highest BCUT2D eigenvalue weighted by molar-refractivity contribution is 7.14. The van der Waals surface area contributed by atoms with Gasteiger partial charge in [-0.25, -0.2) is 4.98 Å². The van der Waals surface area contributed by atoms with Gasteiger partial charge in [-0.15, -0.1) is 5.10 Å². The molecule has 3 rings (SSSR count). The van der Waals surface area contributed by atoms with Crippen molar-refractivity contribution in [3.05, 3.63) is 40.8 Å². The smallest absolute Gasteiger partial charge is 0.212 e. The average Bonchev–Trinajstić information content (AvgIpc) is 3.04. The highest BCUT2D eigenvalue weighted by atomic mass is 32.1. The van der Waals surface area contributed by atoms with Crippen molar-refractivity contribution in [2.45, 2.75) is 13.8 Å². The first-order valence-corrected chi connectivity index (χ1v) is 6.73. The second-order valence-corrected chi connectivity index (χ2v) is 5.37. The second-order valence-electron chi connectivity index (χ2n) is 4.18. The van der Waals surface area contributed by atoms with Crippen LogP contribution in [0, 0.1) is 25.2 Å². The lowest BCUT2D eigenvalue weighted by molar-refractivity contribution is 0.798. The molecule has 0 aliphatic rings. The second kappa shape index (κ2) is 4.83. The van der Waals surface area contributed by atoms with Gasteiger partial charge in [0.1, 0.15) is 11.8 Å². The zero-order valence-corrected chi connectivity index (χ0v) is 11.7. The minimum absolute atomic E-state index is 0.279. The Kier molecular flexibility index (Phi) is 3.00. The van der Waals surface area contributed by atoms with Crippen LogP contribution in [0.4, 0.5) is 0 Å². The summed E-state index contributed by atoms with van der Waals surface area (Å²) in [5.41, 5.74) is 2.72. The molecule has 0 fully saturated rings. The van der Waals surface area contributed by atoms with Crippen molar-refractivity contribution in [3.8, 4) is 22.5 Å². The summed E-state index contributed by atoms with van der Waals surface area (Å²) in [6, 6.07) is 5.71. The van der Waals surface area contributed by atoms with Gasteiger partial charge in [0.05, 0.1) is 5.69 Å². The van der Waals surface area contributed by atoms with Crippen LogP contribution in [-0.2, 0) is 0 Å². The van der Waals surface area contributed by atoms with Gasteiger partial charge in [-0.05, 0) is 26.0 Å². The molecule has 98 valence electrons. The number of nitriles is 1. The fourth-order valence-electron chi connectivity index (χ4n) is 1.81. The van der Waals surface area contributed by atoms with Crippen LogP contribution in [0.2, 0.25) is 0 Å². The SMILES string of the molecule is Cc1nc(-n2nnc(C#N)c2-c2ccncc2)sc1C. The molecule has 0 atom stereocenters. The van der Waals surface area contributed by atoms with E-state index in [1.54, 1.807) is 17.1 Å². The quantitative estimate of drug-likeness (QED) is 0.720. The van der Waals surface area contributed by atoms with Crippen LogP contribution in [0.15, 0.2) is 24.5 Å². The maximum Gasteiger partial charge on any atom is 0.212 e. The van der Waals surface area contributed by atoms with Crippen LogP contribution in [0.5, 0.6) is 0 Å². The molecule has 0 radical (unpaired) electrons. The number of hydrogen-bond acceptors (Lipinski definition) is 6. The van der Waals surface area contributed by atoms with E-state index >= 15 is 0 Å². The summed E-state index contributed by atoms with van der Waals surface area (Å²) >= 11 is 1.52. The van der Waals surface area contributed by atoms with Crippen LogP contribution in [-0.4, -0.2) is 25.0 Å².